The quantitative estimate of drug-likeness (QED) is 0.796. The van der Waals surface area contributed by atoms with Crippen molar-refractivity contribution in [3.8, 4) is 0 Å². The Morgan fingerprint density at radius 1 is 1.50 bits per heavy atom. The highest BCUT2D eigenvalue weighted by Gasteiger charge is 2.09. The van der Waals surface area contributed by atoms with Gasteiger partial charge in [0, 0.05) is 18.2 Å². The molecule has 16 heavy (non-hydrogen) atoms. The summed E-state index contributed by atoms with van der Waals surface area (Å²) in [5.41, 5.74) is 0.518. The Hall–Kier alpha value is -1.29. The molecule has 1 heterocycles. The summed E-state index contributed by atoms with van der Waals surface area (Å²) < 4.78 is 0. The van der Waals surface area contributed by atoms with Crippen molar-refractivity contribution >= 4 is 23.3 Å². The lowest BCUT2D eigenvalue weighted by atomic mass is 10.2. The average molecular weight is 242 g/mol. The lowest BCUT2D eigenvalue weighted by Crippen LogP contribution is -2.30. The first kappa shape index (κ1) is 12.8. The Bertz CT molecular complexity index is 379. The van der Waals surface area contributed by atoms with E-state index in [4.69, 9.17) is 11.6 Å². The first-order valence-corrected chi connectivity index (χ1v) is 5.63. The van der Waals surface area contributed by atoms with Gasteiger partial charge in [0.25, 0.3) is 5.91 Å². The fourth-order valence-corrected chi connectivity index (χ4v) is 1.45. The monoisotopic (exact) mass is 241 g/mol. The predicted molar refractivity (Wildman–Crippen MR) is 66.0 cm³/mol. The standard InChI is InChI=1S/C11H16ClN3O/c1-4-13-10-6-8(5-9(12)15-10)11(16)14-7(2)3/h5-7H,4H2,1-3H3,(H,13,15)(H,14,16). The van der Waals surface area contributed by atoms with E-state index in [0.29, 0.717) is 16.5 Å². The van der Waals surface area contributed by atoms with Gasteiger partial charge in [-0.05, 0) is 32.9 Å². The zero-order valence-electron chi connectivity index (χ0n) is 9.67. The molecule has 0 aliphatic carbocycles. The normalized spacial score (nSPS) is 10.3. The Balaban J connectivity index is 2.91. The fraction of sp³-hybridized carbons (Fsp3) is 0.455. The third-order valence-electron chi connectivity index (χ3n) is 1.83. The molecular weight excluding hydrogens is 226 g/mol. The van der Waals surface area contributed by atoms with Crippen LogP contribution in [0.2, 0.25) is 5.15 Å². The smallest absolute Gasteiger partial charge is 0.251 e. The van der Waals surface area contributed by atoms with Gasteiger partial charge in [-0.25, -0.2) is 4.98 Å². The lowest BCUT2D eigenvalue weighted by Gasteiger charge is -2.10. The van der Waals surface area contributed by atoms with Crippen LogP contribution in [0.25, 0.3) is 0 Å². The van der Waals surface area contributed by atoms with Crippen molar-refractivity contribution < 1.29 is 4.79 Å². The maximum absolute atomic E-state index is 11.7. The van der Waals surface area contributed by atoms with E-state index in [-0.39, 0.29) is 11.9 Å². The van der Waals surface area contributed by atoms with Gasteiger partial charge in [0.1, 0.15) is 11.0 Å². The molecule has 0 radical (unpaired) electrons. The molecule has 0 aliphatic rings. The number of pyridine rings is 1. The Morgan fingerprint density at radius 2 is 2.19 bits per heavy atom. The second kappa shape index (κ2) is 5.70. The average Bonchev–Trinajstić information content (AvgIpc) is 2.16. The zero-order valence-corrected chi connectivity index (χ0v) is 10.4. The first-order chi connectivity index (χ1) is 7.52. The highest BCUT2D eigenvalue weighted by atomic mass is 35.5. The van der Waals surface area contributed by atoms with Crippen LogP contribution < -0.4 is 10.6 Å². The van der Waals surface area contributed by atoms with E-state index < -0.39 is 0 Å². The molecule has 0 aliphatic heterocycles. The summed E-state index contributed by atoms with van der Waals surface area (Å²) in [5.74, 6) is 0.474. The Morgan fingerprint density at radius 3 is 2.75 bits per heavy atom. The molecule has 0 aromatic carbocycles. The molecule has 0 atom stereocenters. The van der Waals surface area contributed by atoms with Crippen molar-refractivity contribution in [2.45, 2.75) is 26.8 Å². The molecule has 1 aromatic heterocycles. The summed E-state index contributed by atoms with van der Waals surface area (Å²) in [6.45, 7) is 6.51. The van der Waals surface area contributed by atoms with Crippen LogP contribution in [0.4, 0.5) is 5.82 Å². The van der Waals surface area contributed by atoms with Gasteiger partial charge >= 0.3 is 0 Å². The molecule has 1 amide bonds. The van der Waals surface area contributed by atoms with Crippen LogP contribution in [0.15, 0.2) is 12.1 Å². The fourth-order valence-electron chi connectivity index (χ4n) is 1.25. The van der Waals surface area contributed by atoms with Crippen molar-refractivity contribution in [2.24, 2.45) is 0 Å². The number of halogens is 1. The molecule has 0 bridgehead atoms. The van der Waals surface area contributed by atoms with Gasteiger partial charge in [-0.1, -0.05) is 11.6 Å². The maximum atomic E-state index is 11.7. The topological polar surface area (TPSA) is 54.0 Å². The highest BCUT2D eigenvalue weighted by molar-refractivity contribution is 6.29. The Kier molecular flexibility index (Phi) is 4.55. The van der Waals surface area contributed by atoms with E-state index in [0.717, 1.165) is 6.54 Å². The second-order valence-electron chi connectivity index (χ2n) is 3.72. The highest BCUT2D eigenvalue weighted by Crippen LogP contribution is 2.14. The number of carbonyl (C=O) groups is 1. The van der Waals surface area contributed by atoms with Gasteiger partial charge in [-0.15, -0.1) is 0 Å². The third kappa shape index (κ3) is 3.70. The van der Waals surface area contributed by atoms with Crippen molar-refractivity contribution in [3.05, 3.63) is 22.8 Å². The Labute approximate surface area is 100 Å². The second-order valence-corrected chi connectivity index (χ2v) is 4.11. The van der Waals surface area contributed by atoms with Crippen LogP contribution in [0.5, 0.6) is 0 Å². The van der Waals surface area contributed by atoms with Gasteiger partial charge in [0.05, 0.1) is 0 Å². The molecule has 0 unspecified atom stereocenters. The number of aromatic nitrogens is 1. The predicted octanol–water partition coefficient (Wildman–Crippen LogP) is 2.30. The van der Waals surface area contributed by atoms with Crippen molar-refractivity contribution in [3.63, 3.8) is 0 Å². The number of nitrogens with one attached hydrogen (secondary N) is 2. The summed E-state index contributed by atoms with van der Waals surface area (Å²) in [7, 11) is 0. The van der Waals surface area contributed by atoms with Gasteiger partial charge in [-0.2, -0.15) is 0 Å². The van der Waals surface area contributed by atoms with E-state index in [1.807, 2.05) is 20.8 Å². The van der Waals surface area contributed by atoms with Gasteiger partial charge in [0.15, 0.2) is 0 Å². The summed E-state index contributed by atoms with van der Waals surface area (Å²) in [4.78, 5) is 15.8. The molecule has 5 heteroatoms. The summed E-state index contributed by atoms with van der Waals surface area (Å²) in [6, 6.07) is 3.34. The van der Waals surface area contributed by atoms with Gasteiger partial charge < -0.3 is 10.6 Å². The van der Waals surface area contributed by atoms with E-state index >= 15 is 0 Å². The van der Waals surface area contributed by atoms with Crippen molar-refractivity contribution in [1.82, 2.24) is 10.3 Å². The largest absolute Gasteiger partial charge is 0.370 e. The molecule has 0 saturated carbocycles. The molecule has 1 rings (SSSR count). The molecule has 1 aromatic rings. The number of hydrogen-bond acceptors (Lipinski definition) is 3. The third-order valence-corrected chi connectivity index (χ3v) is 2.03. The number of hydrogen-bond donors (Lipinski definition) is 2. The van der Waals surface area contributed by atoms with Crippen molar-refractivity contribution in [1.29, 1.82) is 0 Å². The summed E-state index contributed by atoms with van der Waals surface area (Å²) in [5, 5.41) is 6.14. The van der Waals surface area contributed by atoms with E-state index in [1.165, 1.54) is 0 Å². The number of carbonyl (C=O) groups excluding carboxylic acids is 1. The minimum Gasteiger partial charge on any atom is -0.370 e. The number of rotatable bonds is 4. The van der Waals surface area contributed by atoms with Crippen LogP contribution in [-0.2, 0) is 0 Å². The molecular formula is C11H16ClN3O. The maximum Gasteiger partial charge on any atom is 0.251 e. The molecule has 0 spiro atoms. The zero-order chi connectivity index (χ0) is 12.1. The van der Waals surface area contributed by atoms with Crippen LogP contribution in [0.3, 0.4) is 0 Å². The van der Waals surface area contributed by atoms with E-state index in [9.17, 15) is 4.79 Å². The number of nitrogens with zero attached hydrogens (tertiary/aromatic N) is 1. The van der Waals surface area contributed by atoms with Crippen LogP contribution in [0.1, 0.15) is 31.1 Å². The molecule has 0 saturated heterocycles. The molecule has 4 nitrogen and oxygen atoms in total. The molecule has 88 valence electrons. The first-order valence-electron chi connectivity index (χ1n) is 5.25. The SMILES string of the molecule is CCNc1cc(C(=O)NC(C)C)cc(Cl)n1. The van der Waals surface area contributed by atoms with E-state index in [1.54, 1.807) is 12.1 Å². The van der Waals surface area contributed by atoms with Crippen LogP contribution in [0, 0.1) is 0 Å². The van der Waals surface area contributed by atoms with Crippen LogP contribution in [-0.4, -0.2) is 23.5 Å². The minimum atomic E-state index is -0.140. The molecule has 2 N–H and O–H groups in total. The minimum absolute atomic E-state index is 0.0991. The van der Waals surface area contributed by atoms with Crippen LogP contribution >= 0.6 is 11.6 Å². The summed E-state index contributed by atoms with van der Waals surface area (Å²) >= 11 is 5.84. The van der Waals surface area contributed by atoms with E-state index in [2.05, 4.69) is 15.6 Å². The number of anilines is 1. The summed E-state index contributed by atoms with van der Waals surface area (Å²) in [6.07, 6.45) is 0. The van der Waals surface area contributed by atoms with Gasteiger partial charge in [-0.3, -0.25) is 4.79 Å². The number of amides is 1. The lowest BCUT2D eigenvalue weighted by molar-refractivity contribution is 0.0943. The molecule has 0 fully saturated rings. The van der Waals surface area contributed by atoms with Crippen molar-refractivity contribution in [2.75, 3.05) is 11.9 Å². The van der Waals surface area contributed by atoms with Gasteiger partial charge in [0.2, 0.25) is 0 Å².